The predicted molar refractivity (Wildman–Crippen MR) is 74.3 cm³/mol. The Morgan fingerprint density at radius 3 is 2.78 bits per heavy atom. The minimum Gasteiger partial charge on any atom is -0.504 e. The lowest BCUT2D eigenvalue weighted by Gasteiger charge is -2.15. The van der Waals surface area contributed by atoms with Crippen LogP contribution in [0.2, 0.25) is 0 Å². The van der Waals surface area contributed by atoms with Crippen molar-refractivity contribution >= 4 is 11.9 Å². The molecule has 0 aromatic carbocycles. The fourth-order valence-corrected chi connectivity index (χ4v) is 2.11. The van der Waals surface area contributed by atoms with Crippen molar-refractivity contribution in [3.05, 3.63) is 11.9 Å². The summed E-state index contributed by atoms with van der Waals surface area (Å²) in [5.74, 6) is -1.56. The van der Waals surface area contributed by atoms with Gasteiger partial charge in [-0.3, -0.25) is 14.7 Å². The van der Waals surface area contributed by atoms with Crippen molar-refractivity contribution in [2.75, 3.05) is 6.61 Å². The number of hydrogen-bond donors (Lipinski definition) is 5. The number of aromatic hydroxyl groups is 1. The number of H-pyrrole nitrogens is 1. The molecule has 1 saturated heterocycles. The number of aliphatic hydroxyl groups is 2. The van der Waals surface area contributed by atoms with Gasteiger partial charge in [-0.2, -0.15) is 5.10 Å². The molecule has 1 aromatic heterocycles. The monoisotopic (exact) mass is 329 g/mol. The summed E-state index contributed by atoms with van der Waals surface area (Å²) >= 11 is 0. The highest BCUT2D eigenvalue weighted by atomic mass is 16.6. The van der Waals surface area contributed by atoms with Crippen molar-refractivity contribution in [3.63, 3.8) is 0 Å². The highest BCUT2D eigenvalue weighted by Crippen LogP contribution is 2.21. The van der Waals surface area contributed by atoms with Gasteiger partial charge in [0.15, 0.2) is 17.7 Å². The lowest BCUT2D eigenvalue weighted by Crippen LogP contribution is -2.43. The van der Waals surface area contributed by atoms with E-state index in [9.17, 15) is 24.9 Å². The van der Waals surface area contributed by atoms with Crippen LogP contribution >= 0.6 is 0 Å². The van der Waals surface area contributed by atoms with E-state index in [2.05, 4.69) is 15.5 Å². The Balaban J connectivity index is 1.90. The number of esters is 1. The summed E-state index contributed by atoms with van der Waals surface area (Å²) in [6.07, 6.45) is -3.00. The van der Waals surface area contributed by atoms with Gasteiger partial charge in [0.25, 0.3) is 5.91 Å². The Hall–Kier alpha value is -2.17. The van der Waals surface area contributed by atoms with Gasteiger partial charge in [0.1, 0.15) is 24.9 Å². The molecule has 2 heterocycles. The summed E-state index contributed by atoms with van der Waals surface area (Å²) in [5, 5.41) is 37.2. The van der Waals surface area contributed by atoms with Crippen molar-refractivity contribution in [1.29, 1.82) is 0 Å². The van der Waals surface area contributed by atoms with Crippen LogP contribution in [0.4, 0.5) is 0 Å². The van der Waals surface area contributed by atoms with Crippen LogP contribution in [-0.4, -0.2) is 68.5 Å². The van der Waals surface area contributed by atoms with Crippen molar-refractivity contribution in [2.24, 2.45) is 0 Å². The maximum atomic E-state index is 11.9. The SMILES string of the molecule is CCCC(=O)OC[C@H]1OC(NC(=O)c2[nH]ncc2O)[C@H](O)[C@@H]1O. The molecule has 0 spiro atoms. The maximum absolute atomic E-state index is 11.9. The number of aliphatic hydroxyl groups excluding tert-OH is 2. The second kappa shape index (κ2) is 7.40. The fourth-order valence-electron chi connectivity index (χ4n) is 2.11. The Morgan fingerprint density at radius 1 is 1.43 bits per heavy atom. The van der Waals surface area contributed by atoms with E-state index < -0.39 is 36.4 Å². The van der Waals surface area contributed by atoms with Crippen molar-refractivity contribution in [2.45, 2.75) is 44.3 Å². The molecule has 0 radical (unpaired) electrons. The molecule has 0 saturated carbocycles. The molecule has 1 unspecified atom stereocenters. The van der Waals surface area contributed by atoms with Crippen LogP contribution in [0.5, 0.6) is 5.75 Å². The summed E-state index contributed by atoms with van der Waals surface area (Å²) in [6, 6.07) is 0. The smallest absolute Gasteiger partial charge is 0.305 e. The molecule has 2 rings (SSSR count). The van der Waals surface area contributed by atoms with E-state index in [1.807, 2.05) is 6.92 Å². The van der Waals surface area contributed by atoms with Crippen LogP contribution in [-0.2, 0) is 14.3 Å². The third-order valence-electron chi connectivity index (χ3n) is 3.34. The van der Waals surface area contributed by atoms with Crippen LogP contribution < -0.4 is 5.32 Å². The third-order valence-corrected chi connectivity index (χ3v) is 3.34. The first-order valence-electron chi connectivity index (χ1n) is 7.14. The van der Waals surface area contributed by atoms with Gasteiger partial charge in [0.05, 0.1) is 6.20 Å². The van der Waals surface area contributed by atoms with E-state index in [-0.39, 0.29) is 24.5 Å². The molecular weight excluding hydrogens is 310 g/mol. The molecule has 10 nitrogen and oxygen atoms in total. The van der Waals surface area contributed by atoms with Gasteiger partial charge in [-0.05, 0) is 6.42 Å². The van der Waals surface area contributed by atoms with Crippen LogP contribution in [0, 0.1) is 0 Å². The second-order valence-corrected chi connectivity index (χ2v) is 5.11. The summed E-state index contributed by atoms with van der Waals surface area (Å²) in [7, 11) is 0. The molecule has 1 fully saturated rings. The van der Waals surface area contributed by atoms with E-state index in [4.69, 9.17) is 9.47 Å². The van der Waals surface area contributed by atoms with E-state index in [0.29, 0.717) is 6.42 Å². The molecule has 1 amide bonds. The molecule has 1 aliphatic heterocycles. The topological polar surface area (TPSA) is 154 Å². The predicted octanol–water partition coefficient (Wildman–Crippen LogP) is -1.36. The summed E-state index contributed by atoms with van der Waals surface area (Å²) in [6.45, 7) is 1.58. The third kappa shape index (κ3) is 3.97. The number of carbonyl (C=O) groups excluding carboxylic acids is 2. The van der Waals surface area contributed by atoms with Crippen molar-refractivity contribution in [3.8, 4) is 5.75 Å². The summed E-state index contributed by atoms with van der Waals surface area (Å²) < 4.78 is 10.2. The molecule has 0 aliphatic carbocycles. The molecule has 23 heavy (non-hydrogen) atoms. The Bertz CT molecular complexity index is 562. The van der Waals surface area contributed by atoms with Crippen molar-refractivity contribution in [1.82, 2.24) is 15.5 Å². The van der Waals surface area contributed by atoms with Crippen molar-refractivity contribution < 1.29 is 34.4 Å². The number of carbonyl (C=O) groups is 2. The average Bonchev–Trinajstić information content (AvgIpc) is 3.04. The maximum Gasteiger partial charge on any atom is 0.305 e. The van der Waals surface area contributed by atoms with E-state index in [1.165, 1.54) is 0 Å². The summed E-state index contributed by atoms with van der Waals surface area (Å²) in [5.41, 5.74) is -0.201. The molecule has 1 aliphatic rings. The van der Waals surface area contributed by atoms with Gasteiger partial charge in [-0.25, -0.2) is 0 Å². The highest BCUT2D eigenvalue weighted by molar-refractivity contribution is 5.94. The first-order valence-corrected chi connectivity index (χ1v) is 7.14. The van der Waals surface area contributed by atoms with Crippen LogP contribution in [0.15, 0.2) is 6.20 Å². The Kier molecular flexibility index (Phi) is 5.53. The van der Waals surface area contributed by atoms with Gasteiger partial charge in [0, 0.05) is 6.42 Å². The number of hydrogen-bond acceptors (Lipinski definition) is 8. The molecule has 10 heteroatoms. The lowest BCUT2D eigenvalue weighted by atomic mass is 10.1. The van der Waals surface area contributed by atoms with Gasteiger partial charge in [0.2, 0.25) is 0 Å². The minimum absolute atomic E-state index is 0.201. The second-order valence-electron chi connectivity index (χ2n) is 5.11. The van der Waals surface area contributed by atoms with Gasteiger partial charge in [-0.15, -0.1) is 0 Å². The number of rotatable bonds is 6. The largest absolute Gasteiger partial charge is 0.504 e. The Labute approximate surface area is 131 Å². The molecule has 1 aromatic rings. The molecule has 0 bridgehead atoms. The number of aromatic nitrogens is 2. The molecule has 5 N–H and O–H groups in total. The first kappa shape index (κ1) is 17.2. The lowest BCUT2D eigenvalue weighted by molar-refractivity contribution is -0.149. The zero-order valence-corrected chi connectivity index (χ0v) is 12.4. The van der Waals surface area contributed by atoms with Gasteiger partial charge >= 0.3 is 5.97 Å². The number of nitrogens with zero attached hydrogens (tertiary/aromatic N) is 1. The zero-order valence-electron chi connectivity index (χ0n) is 12.4. The number of nitrogens with one attached hydrogen (secondary N) is 2. The number of aromatic amines is 1. The number of ether oxygens (including phenoxy) is 2. The highest BCUT2D eigenvalue weighted by Gasteiger charge is 2.44. The summed E-state index contributed by atoms with van der Waals surface area (Å²) in [4.78, 5) is 23.2. The van der Waals surface area contributed by atoms with Crippen LogP contribution in [0.3, 0.4) is 0 Å². The van der Waals surface area contributed by atoms with Gasteiger partial charge in [-0.1, -0.05) is 6.92 Å². The molecule has 128 valence electrons. The quantitative estimate of drug-likeness (QED) is 0.401. The van der Waals surface area contributed by atoms with E-state index in [1.54, 1.807) is 0 Å². The standard InChI is InChI=1S/C13H19N3O7/c1-2-3-8(18)22-5-7-10(19)11(20)13(23-7)15-12(21)9-6(17)4-14-16-9/h4,7,10-11,13,17,19-20H,2-3,5H2,1H3,(H,14,16)(H,15,21)/t7-,10-,11-,13?/m1/s1. The number of amides is 1. The first-order chi connectivity index (χ1) is 10.9. The normalized spacial score (nSPS) is 26.9. The minimum atomic E-state index is -1.40. The molecular formula is C13H19N3O7. The van der Waals surface area contributed by atoms with E-state index >= 15 is 0 Å². The van der Waals surface area contributed by atoms with E-state index in [0.717, 1.165) is 6.20 Å². The molecule has 4 atom stereocenters. The Morgan fingerprint density at radius 2 is 2.17 bits per heavy atom. The van der Waals surface area contributed by atoms with Crippen LogP contribution in [0.1, 0.15) is 30.3 Å². The zero-order chi connectivity index (χ0) is 17.0. The average molecular weight is 329 g/mol. The fraction of sp³-hybridized carbons (Fsp3) is 0.615. The van der Waals surface area contributed by atoms with Crippen LogP contribution in [0.25, 0.3) is 0 Å². The van der Waals surface area contributed by atoms with Gasteiger partial charge < -0.3 is 30.1 Å².